The predicted molar refractivity (Wildman–Crippen MR) is 184 cm³/mol. The van der Waals surface area contributed by atoms with Crippen LogP contribution in [-0.2, 0) is 19.1 Å². The summed E-state index contributed by atoms with van der Waals surface area (Å²) in [5.41, 5.74) is 0. The Hall–Kier alpha value is -1.71. The van der Waals surface area contributed by atoms with Crippen molar-refractivity contribution in [1.29, 1.82) is 0 Å². The third-order valence-corrected chi connectivity index (χ3v) is 8.15. The maximum atomic E-state index is 12.9. The Kier molecular flexibility index (Phi) is 30.4. The van der Waals surface area contributed by atoms with Crippen molar-refractivity contribution in [3.05, 3.63) is 24.3 Å². The van der Waals surface area contributed by atoms with Crippen molar-refractivity contribution in [3.8, 4) is 0 Å². The van der Waals surface area contributed by atoms with E-state index in [-0.39, 0.29) is 12.5 Å². The van der Waals surface area contributed by atoms with Crippen molar-refractivity contribution in [2.45, 2.75) is 201 Å². The lowest BCUT2D eigenvalue weighted by atomic mass is 9.92. The Balaban J connectivity index is 4.12. The number of carbonyl (C=O) groups is 3. The van der Waals surface area contributed by atoms with E-state index in [2.05, 4.69) is 38.2 Å². The first-order valence-corrected chi connectivity index (χ1v) is 18.5. The first-order chi connectivity index (χ1) is 20.9. The van der Waals surface area contributed by atoms with Gasteiger partial charge in [0.15, 0.2) is 5.78 Å². The summed E-state index contributed by atoms with van der Waals surface area (Å²) in [7, 11) is 0. The molecule has 0 aliphatic rings. The second kappa shape index (κ2) is 31.7. The van der Waals surface area contributed by atoms with Crippen LogP contribution in [0.4, 0.5) is 0 Å². The first kappa shape index (κ1) is 41.3. The maximum Gasteiger partial charge on any atom is 0.317 e. The van der Waals surface area contributed by atoms with Crippen molar-refractivity contribution >= 4 is 17.5 Å². The molecule has 0 bridgehead atoms. The summed E-state index contributed by atoms with van der Waals surface area (Å²) in [5, 5.41) is 0. The van der Waals surface area contributed by atoms with E-state index in [0.29, 0.717) is 12.8 Å². The first-order valence-electron chi connectivity index (χ1n) is 18.5. The molecule has 0 radical (unpaired) electrons. The van der Waals surface area contributed by atoms with Crippen LogP contribution in [0.1, 0.15) is 195 Å². The monoisotopic (exact) mass is 603 g/mol. The van der Waals surface area contributed by atoms with Crippen molar-refractivity contribution in [1.82, 2.24) is 0 Å². The van der Waals surface area contributed by atoms with Crippen LogP contribution >= 0.6 is 0 Å². The number of esters is 1. The van der Waals surface area contributed by atoms with E-state index in [1.807, 2.05) is 0 Å². The highest BCUT2D eigenvalue weighted by atomic mass is 16.5. The number of unbranched alkanes of at least 4 members (excludes halogenated alkanes) is 20. The SMILES string of the molecule is CCCCCCCC/C=C\CCCCCCC(=O)C(=O)C(CCCCCC/C=C\CCCCCCCC)C(=O)OC(C)C. The van der Waals surface area contributed by atoms with Gasteiger partial charge >= 0.3 is 5.97 Å². The highest BCUT2D eigenvalue weighted by Gasteiger charge is 2.32. The molecule has 0 aliphatic heterocycles. The van der Waals surface area contributed by atoms with Crippen LogP contribution < -0.4 is 0 Å². The number of rotatable bonds is 32. The molecule has 0 rings (SSSR count). The number of carbonyl (C=O) groups excluding carboxylic acids is 3. The molecule has 0 aromatic heterocycles. The lowest BCUT2D eigenvalue weighted by Gasteiger charge is -2.16. The van der Waals surface area contributed by atoms with Gasteiger partial charge in [-0.2, -0.15) is 0 Å². The molecule has 0 N–H and O–H groups in total. The molecular formula is C39H70O4. The van der Waals surface area contributed by atoms with Gasteiger partial charge in [0.05, 0.1) is 6.10 Å². The second-order valence-electron chi connectivity index (χ2n) is 12.8. The molecule has 1 unspecified atom stereocenters. The fourth-order valence-electron chi connectivity index (χ4n) is 5.41. The fraction of sp³-hybridized carbons (Fsp3) is 0.821. The highest BCUT2D eigenvalue weighted by Crippen LogP contribution is 2.18. The van der Waals surface area contributed by atoms with Gasteiger partial charge in [0, 0.05) is 6.42 Å². The number of Topliss-reactive ketones (excluding diaryl/α,β-unsaturated/α-hetero) is 2. The Bertz CT molecular complexity index is 721. The Morgan fingerprint density at radius 2 is 0.884 bits per heavy atom. The topological polar surface area (TPSA) is 60.4 Å². The Morgan fingerprint density at radius 1 is 0.512 bits per heavy atom. The van der Waals surface area contributed by atoms with Gasteiger partial charge in [0.2, 0.25) is 5.78 Å². The summed E-state index contributed by atoms with van der Waals surface area (Å²) in [6.45, 7) is 8.07. The quantitative estimate of drug-likeness (QED) is 0.0253. The molecule has 0 fully saturated rings. The Labute approximate surface area is 267 Å². The summed E-state index contributed by atoms with van der Waals surface area (Å²) in [5.74, 6) is -2.41. The zero-order valence-electron chi connectivity index (χ0n) is 29.0. The van der Waals surface area contributed by atoms with Gasteiger partial charge in [-0.3, -0.25) is 14.4 Å². The van der Waals surface area contributed by atoms with Crippen LogP contribution in [0.15, 0.2) is 24.3 Å². The van der Waals surface area contributed by atoms with E-state index in [0.717, 1.165) is 57.8 Å². The van der Waals surface area contributed by atoms with Crippen LogP contribution in [0.25, 0.3) is 0 Å². The van der Waals surface area contributed by atoms with Gasteiger partial charge in [-0.1, -0.05) is 134 Å². The molecule has 4 nitrogen and oxygen atoms in total. The number of allylic oxidation sites excluding steroid dienone is 4. The zero-order chi connectivity index (χ0) is 31.8. The average molecular weight is 603 g/mol. The predicted octanol–water partition coefficient (Wildman–Crippen LogP) is 12.0. The van der Waals surface area contributed by atoms with E-state index in [1.165, 1.54) is 89.9 Å². The minimum atomic E-state index is -0.941. The van der Waals surface area contributed by atoms with Crippen molar-refractivity contribution < 1.29 is 19.1 Å². The summed E-state index contributed by atoms with van der Waals surface area (Å²) >= 11 is 0. The molecule has 4 heteroatoms. The van der Waals surface area contributed by atoms with Gasteiger partial charge in [-0.15, -0.1) is 0 Å². The van der Waals surface area contributed by atoms with Gasteiger partial charge < -0.3 is 4.74 Å². The van der Waals surface area contributed by atoms with E-state index in [9.17, 15) is 14.4 Å². The number of hydrogen-bond donors (Lipinski definition) is 0. The van der Waals surface area contributed by atoms with Crippen molar-refractivity contribution in [2.24, 2.45) is 5.92 Å². The molecule has 1 atom stereocenters. The second-order valence-corrected chi connectivity index (χ2v) is 12.8. The smallest absolute Gasteiger partial charge is 0.317 e. The summed E-state index contributed by atoms with van der Waals surface area (Å²) < 4.78 is 5.35. The third-order valence-electron chi connectivity index (χ3n) is 8.15. The van der Waals surface area contributed by atoms with Crippen LogP contribution in [-0.4, -0.2) is 23.6 Å². The minimum absolute atomic E-state index is 0.239. The van der Waals surface area contributed by atoms with E-state index in [1.54, 1.807) is 13.8 Å². The van der Waals surface area contributed by atoms with E-state index in [4.69, 9.17) is 4.74 Å². The van der Waals surface area contributed by atoms with Crippen LogP contribution in [0, 0.1) is 5.92 Å². The molecule has 0 aliphatic carbocycles. The molecule has 0 aromatic carbocycles. The standard InChI is InChI=1S/C39H70O4/c1-5-7-9-11-13-15-17-19-21-23-25-27-29-31-33-36(39(42)43-35(3)4)38(41)37(40)34-32-30-28-26-24-22-20-18-16-14-12-10-8-6-2/h19-22,35-36H,5-18,23-34H2,1-4H3/b21-19-,22-20-. The van der Waals surface area contributed by atoms with Gasteiger partial charge in [0.1, 0.15) is 5.92 Å². The lowest BCUT2D eigenvalue weighted by molar-refractivity contribution is -0.158. The maximum absolute atomic E-state index is 12.9. The molecule has 0 aromatic rings. The van der Waals surface area contributed by atoms with Gasteiger partial charge in [0.25, 0.3) is 0 Å². The molecule has 0 amide bonds. The Morgan fingerprint density at radius 3 is 1.30 bits per heavy atom. The summed E-state index contributed by atoms with van der Waals surface area (Å²) in [4.78, 5) is 38.2. The summed E-state index contributed by atoms with van der Waals surface area (Å²) in [6.07, 6.45) is 37.9. The van der Waals surface area contributed by atoms with Crippen molar-refractivity contribution in [2.75, 3.05) is 0 Å². The van der Waals surface area contributed by atoms with Crippen LogP contribution in [0.5, 0.6) is 0 Å². The number of ketones is 2. The lowest BCUT2D eigenvalue weighted by Crippen LogP contribution is -2.33. The van der Waals surface area contributed by atoms with Gasteiger partial charge in [-0.25, -0.2) is 0 Å². The summed E-state index contributed by atoms with van der Waals surface area (Å²) in [6, 6.07) is 0. The minimum Gasteiger partial charge on any atom is -0.462 e. The highest BCUT2D eigenvalue weighted by molar-refractivity contribution is 6.41. The molecular weight excluding hydrogens is 532 g/mol. The molecule has 0 saturated carbocycles. The van der Waals surface area contributed by atoms with Crippen LogP contribution in [0.3, 0.4) is 0 Å². The molecule has 0 saturated heterocycles. The molecule has 0 heterocycles. The number of ether oxygens (including phenoxy) is 1. The zero-order valence-corrected chi connectivity index (χ0v) is 29.0. The number of hydrogen-bond acceptors (Lipinski definition) is 4. The van der Waals surface area contributed by atoms with E-state index >= 15 is 0 Å². The third kappa shape index (κ3) is 27.6. The van der Waals surface area contributed by atoms with Crippen LogP contribution in [0.2, 0.25) is 0 Å². The molecule has 43 heavy (non-hydrogen) atoms. The normalized spacial score (nSPS) is 12.5. The fourth-order valence-corrected chi connectivity index (χ4v) is 5.41. The van der Waals surface area contributed by atoms with E-state index < -0.39 is 23.5 Å². The average Bonchev–Trinajstić information content (AvgIpc) is 2.98. The molecule has 0 spiro atoms. The van der Waals surface area contributed by atoms with Crippen molar-refractivity contribution in [3.63, 3.8) is 0 Å². The molecule has 250 valence electrons. The largest absolute Gasteiger partial charge is 0.462 e. The van der Waals surface area contributed by atoms with Gasteiger partial charge in [-0.05, 0) is 78.1 Å².